The number of benzene rings is 5. The molecule has 308 valence electrons. The zero-order chi connectivity index (χ0) is 40.8. The summed E-state index contributed by atoms with van der Waals surface area (Å²) in [6.45, 7) is 4.88. The van der Waals surface area contributed by atoms with Crippen molar-refractivity contribution in [3.8, 4) is 45.5 Å². The van der Waals surface area contributed by atoms with Gasteiger partial charge in [0.15, 0.2) is 11.2 Å². The maximum atomic E-state index is 11.1. The molecule has 5 aromatic carbocycles. The van der Waals surface area contributed by atoms with Crippen LogP contribution in [-0.2, 0) is 12.8 Å². The van der Waals surface area contributed by atoms with Crippen molar-refractivity contribution < 1.29 is 19.0 Å². The first-order valence-electron chi connectivity index (χ1n) is 22.7. The number of aromatic nitrogens is 2. The number of oxazole rings is 2. The van der Waals surface area contributed by atoms with Gasteiger partial charge in [-0.3, -0.25) is 0 Å². The lowest BCUT2D eigenvalue weighted by atomic mass is 9.64. The SMILES string of the molecule is CC1(Cc2cc(-c3ccccc3O)c3nc(-c4nc5c(-c6ccccc6O)cc(CC6(C)CCC(C7CCCCC7)CC6)cc5o4)oc3c2)CCC(c2ccccc2)CC1. The highest BCUT2D eigenvalue weighted by Crippen LogP contribution is 2.49. The fourth-order valence-electron chi connectivity index (χ4n) is 11.5. The molecular weight excluding hydrogens is 741 g/mol. The molecule has 0 unspecified atom stereocenters. The summed E-state index contributed by atoms with van der Waals surface area (Å²) in [5.41, 5.74) is 9.89. The number of nitrogens with zero attached hydrogens (tertiary/aromatic N) is 2. The predicted molar refractivity (Wildman–Crippen MR) is 241 cm³/mol. The molecule has 2 heterocycles. The molecule has 0 amide bonds. The van der Waals surface area contributed by atoms with E-state index in [0.29, 0.717) is 45.5 Å². The van der Waals surface area contributed by atoms with Gasteiger partial charge in [0.05, 0.1) is 0 Å². The third-order valence-corrected chi connectivity index (χ3v) is 15.0. The smallest absolute Gasteiger partial charge is 0.284 e. The number of hydrogen-bond acceptors (Lipinski definition) is 6. The summed E-state index contributed by atoms with van der Waals surface area (Å²) in [5.74, 6) is 3.39. The van der Waals surface area contributed by atoms with Crippen molar-refractivity contribution in [2.75, 3.05) is 0 Å². The standard InChI is InChI=1S/C54H58N2O4/c1-53(25-21-39(22-26-53)37-13-5-3-6-14-37)33-35-29-43(41-17-9-11-19-45(41)57)49-47(31-35)59-51(55-49)52-56-50-44(42-18-10-12-20-46(42)58)30-36(32-48(50)60-52)34-54(2)27-23-40(24-28-54)38-15-7-4-8-16-38/h3,5-6,9-14,17-20,29-32,38-40,57-58H,4,7-8,15-16,21-28,33-34H2,1-2H3. The van der Waals surface area contributed by atoms with Gasteiger partial charge in [0, 0.05) is 22.3 Å². The maximum Gasteiger partial charge on any atom is 0.284 e. The van der Waals surface area contributed by atoms with E-state index < -0.39 is 0 Å². The number of para-hydroxylation sites is 2. The van der Waals surface area contributed by atoms with Crippen LogP contribution in [0.25, 0.3) is 56.2 Å². The molecule has 60 heavy (non-hydrogen) atoms. The highest BCUT2D eigenvalue weighted by molar-refractivity contribution is 5.96. The van der Waals surface area contributed by atoms with Gasteiger partial charge in [0.2, 0.25) is 0 Å². The Morgan fingerprint density at radius 3 is 1.47 bits per heavy atom. The summed E-state index contributed by atoms with van der Waals surface area (Å²) in [5, 5.41) is 22.3. The van der Waals surface area contributed by atoms with Crippen LogP contribution < -0.4 is 0 Å². The molecule has 7 aromatic rings. The van der Waals surface area contributed by atoms with E-state index in [-0.39, 0.29) is 22.3 Å². The monoisotopic (exact) mass is 798 g/mol. The minimum absolute atomic E-state index is 0.140. The van der Waals surface area contributed by atoms with E-state index in [4.69, 9.17) is 18.8 Å². The van der Waals surface area contributed by atoms with Gasteiger partial charge in [0.25, 0.3) is 11.8 Å². The Bertz CT molecular complexity index is 2620. The number of phenolic OH excluding ortho intramolecular Hbond substituents is 2. The van der Waals surface area contributed by atoms with E-state index in [0.717, 1.165) is 59.8 Å². The van der Waals surface area contributed by atoms with Gasteiger partial charge in [0.1, 0.15) is 22.5 Å². The van der Waals surface area contributed by atoms with Crippen LogP contribution in [0.5, 0.6) is 11.5 Å². The van der Waals surface area contributed by atoms with Crippen molar-refractivity contribution in [3.63, 3.8) is 0 Å². The minimum atomic E-state index is 0.140. The first kappa shape index (κ1) is 38.8. The van der Waals surface area contributed by atoms with Crippen LogP contribution in [0.4, 0.5) is 0 Å². The Balaban J connectivity index is 0.990. The molecule has 0 saturated heterocycles. The lowest BCUT2D eigenvalue weighted by Gasteiger charge is -2.41. The van der Waals surface area contributed by atoms with Crippen LogP contribution in [0.2, 0.25) is 0 Å². The zero-order valence-electron chi connectivity index (χ0n) is 35.3. The summed E-state index contributed by atoms with van der Waals surface area (Å²) in [4.78, 5) is 10.1. The molecule has 3 saturated carbocycles. The highest BCUT2D eigenvalue weighted by Gasteiger charge is 2.36. The number of hydrogen-bond donors (Lipinski definition) is 2. The van der Waals surface area contributed by atoms with Gasteiger partial charge in [-0.15, -0.1) is 0 Å². The first-order chi connectivity index (χ1) is 29.2. The average Bonchev–Trinajstić information content (AvgIpc) is 3.90. The summed E-state index contributed by atoms with van der Waals surface area (Å²) in [6, 6.07) is 34.6. The Labute approximate surface area is 354 Å². The molecule has 0 spiro atoms. The van der Waals surface area contributed by atoms with Crippen LogP contribution in [0.15, 0.2) is 112 Å². The molecule has 3 aliphatic rings. The molecule has 2 N–H and O–H groups in total. The van der Waals surface area contributed by atoms with Crippen molar-refractivity contribution in [1.29, 1.82) is 0 Å². The van der Waals surface area contributed by atoms with Gasteiger partial charge >= 0.3 is 0 Å². The Morgan fingerprint density at radius 1 is 0.517 bits per heavy atom. The van der Waals surface area contributed by atoms with Gasteiger partial charge in [-0.05, 0) is 146 Å². The molecule has 0 aliphatic heterocycles. The van der Waals surface area contributed by atoms with Crippen molar-refractivity contribution in [2.24, 2.45) is 22.7 Å². The molecule has 3 fully saturated rings. The Hall–Kier alpha value is -5.36. The van der Waals surface area contributed by atoms with Crippen molar-refractivity contribution >= 4 is 22.2 Å². The van der Waals surface area contributed by atoms with Gasteiger partial charge in [-0.2, -0.15) is 0 Å². The molecule has 6 nitrogen and oxygen atoms in total. The Morgan fingerprint density at radius 2 is 0.967 bits per heavy atom. The van der Waals surface area contributed by atoms with E-state index in [1.165, 1.54) is 81.8 Å². The lowest BCUT2D eigenvalue weighted by molar-refractivity contribution is 0.114. The Kier molecular flexibility index (Phi) is 10.3. The average molecular weight is 799 g/mol. The molecule has 2 aromatic heterocycles. The third kappa shape index (κ3) is 7.74. The summed E-state index contributed by atoms with van der Waals surface area (Å²) < 4.78 is 13.3. The zero-order valence-corrected chi connectivity index (χ0v) is 35.3. The summed E-state index contributed by atoms with van der Waals surface area (Å²) in [7, 11) is 0. The highest BCUT2D eigenvalue weighted by atomic mass is 16.4. The molecule has 0 atom stereocenters. The van der Waals surface area contributed by atoms with E-state index >= 15 is 0 Å². The molecule has 10 rings (SSSR count). The van der Waals surface area contributed by atoms with Crippen LogP contribution in [0.3, 0.4) is 0 Å². The van der Waals surface area contributed by atoms with Gasteiger partial charge < -0.3 is 19.0 Å². The fourth-order valence-corrected chi connectivity index (χ4v) is 11.5. The quantitative estimate of drug-likeness (QED) is 0.151. The van der Waals surface area contributed by atoms with E-state index in [2.05, 4.69) is 68.4 Å². The van der Waals surface area contributed by atoms with E-state index in [1.54, 1.807) is 12.1 Å². The predicted octanol–water partition coefficient (Wildman–Crippen LogP) is 14.6. The number of rotatable bonds is 9. The second-order valence-electron chi connectivity index (χ2n) is 19.4. The normalized spacial score (nSPS) is 24.0. The summed E-state index contributed by atoms with van der Waals surface area (Å²) >= 11 is 0. The molecule has 6 heteroatoms. The maximum absolute atomic E-state index is 11.1. The van der Waals surface area contributed by atoms with Crippen molar-refractivity contribution in [1.82, 2.24) is 9.97 Å². The number of fused-ring (bicyclic) bond motifs is 2. The summed E-state index contributed by atoms with van der Waals surface area (Å²) in [6.07, 6.45) is 18.6. The fraction of sp³-hybridized carbons (Fsp3) is 0.407. The molecule has 3 aliphatic carbocycles. The molecular formula is C54H58N2O4. The number of aromatic hydroxyl groups is 2. The van der Waals surface area contributed by atoms with Crippen molar-refractivity contribution in [3.05, 3.63) is 120 Å². The van der Waals surface area contributed by atoms with Crippen LogP contribution >= 0.6 is 0 Å². The number of phenols is 2. The minimum Gasteiger partial charge on any atom is -0.507 e. The van der Waals surface area contributed by atoms with Gasteiger partial charge in [-0.1, -0.05) is 113 Å². The first-order valence-corrected chi connectivity index (χ1v) is 22.7. The topological polar surface area (TPSA) is 92.5 Å². The van der Waals surface area contributed by atoms with Crippen LogP contribution in [0, 0.1) is 22.7 Å². The van der Waals surface area contributed by atoms with Gasteiger partial charge in [-0.25, -0.2) is 9.97 Å². The molecule has 0 bridgehead atoms. The van der Waals surface area contributed by atoms with E-state index in [1.807, 2.05) is 36.4 Å². The largest absolute Gasteiger partial charge is 0.507 e. The lowest BCUT2D eigenvalue weighted by Crippen LogP contribution is -2.30. The van der Waals surface area contributed by atoms with E-state index in [9.17, 15) is 10.2 Å². The van der Waals surface area contributed by atoms with Crippen LogP contribution in [-0.4, -0.2) is 20.2 Å². The molecule has 0 radical (unpaired) electrons. The second-order valence-corrected chi connectivity index (χ2v) is 19.4. The second kappa shape index (κ2) is 15.9. The van der Waals surface area contributed by atoms with Crippen LogP contribution in [0.1, 0.15) is 120 Å². The third-order valence-electron chi connectivity index (χ3n) is 15.0. The van der Waals surface area contributed by atoms with Crippen molar-refractivity contribution in [2.45, 2.75) is 116 Å².